The molecule has 2 amide bonds. The minimum absolute atomic E-state index is 0.0228. The highest BCUT2D eigenvalue weighted by Crippen LogP contribution is 2.21. The van der Waals surface area contributed by atoms with Crippen LogP contribution < -0.4 is 10.5 Å². The standard InChI is InChI=1S/C21H25N3O4S/c1-15(16-7-3-2-4-8-16)23-29(27,28)19-11-5-9-17(13-19)21(26)24-12-6-10-18(14-24)20(22)25/h2-5,7-9,11,13,15,18,23H,6,10,12,14H2,1H3,(H2,22,25)/t15-,18+/m0/s1. The Labute approximate surface area is 171 Å². The fourth-order valence-corrected chi connectivity index (χ4v) is 4.76. The minimum Gasteiger partial charge on any atom is -0.369 e. The number of carbonyl (C=O) groups excluding carboxylic acids is 2. The zero-order valence-electron chi connectivity index (χ0n) is 16.2. The monoisotopic (exact) mass is 415 g/mol. The summed E-state index contributed by atoms with van der Waals surface area (Å²) in [5.74, 6) is -1.09. The number of primary amides is 1. The summed E-state index contributed by atoms with van der Waals surface area (Å²) in [7, 11) is -3.81. The summed E-state index contributed by atoms with van der Waals surface area (Å²) in [6, 6.07) is 14.8. The van der Waals surface area contributed by atoms with Gasteiger partial charge in [-0.2, -0.15) is 0 Å². The molecule has 0 radical (unpaired) electrons. The summed E-state index contributed by atoms with van der Waals surface area (Å²) in [5, 5.41) is 0. The molecule has 0 bridgehead atoms. The van der Waals surface area contributed by atoms with E-state index in [4.69, 9.17) is 5.73 Å². The van der Waals surface area contributed by atoms with Crippen molar-refractivity contribution in [2.24, 2.45) is 11.7 Å². The number of amides is 2. The van der Waals surface area contributed by atoms with E-state index in [1.54, 1.807) is 24.0 Å². The Morgan fingerprint density at radius 2 is 1.86 bits per heavy atom. The number of benzene rings is 2. The zero-order chi connectivity index (χ0) is 21.0. The molecule has 3 N–H and O–H groups in total. The third-order valence-corrected chi connectivity index (χ3v) is 6.67. The molecular weight excluding hydrogens is 390 g/mol. The number of sulfonamides is 1. The van der Waals surface area contributed by atoms with Crippen molar-refractivity contribution in [3.8, 4) is 0 Å². The Morgan fingerprint density at radius 3 is 2.55 bits per heavy atom. The number of hydrogen-bond acceptors (Lipinski definition) is 4. The van der Waals surface area contributed by atoms with E-state index in [-0.39, 0.29) is 28.8 Å². The molecule has 1 saturated heterocycles. The van der Waals surface area contributed by atoms with E-state index in [0.717, 1.165) is 5.56 Å². The van der Waals surface area contributed by atoms with Crippen molar-refractivity contribution in [1.29, 1.82) is 0 Å². The first-order valence-corrected chi connectivity index (χ1v) is 11.0. The highest BCUT2D eigenvalue weighted by atomic mass is 32.2. The van der Waals surface area contributed by atoms with Gasteiger partial charge in [0.05, 0.1) is 10.8 Å². The topological polar surface area (TPSA) is 110 Å². The summed E-state index contributed by atoms with van der Waals surface area (Å²) >= 11 is 0. The minimum atomic E-state index is -3.81. The van der Waals surface area contributed by atoms with Crippen LogP contribution in [0, 0.1) is 5.92 Å². The second-order valence-corrected chi connectivity index (χ2v) is 8.99. The van der Waals surface area contributed by atoms with Crippen molar-refractivity contribution in [2.75, 3.05) is 13.1 Å². The SMILES string of the molecule is C[C@H](NS(=O)(=O)c1cccc(C(=O)N2CCC[C@@H](C(N)=O)C2)c1)c1ccccc1. The number of piperidine rings is 1. The van der Waals surface area contributed by atoms with Gasteiger partial charge in [0.1, 0.15) is 0 Å². The molecule has 2 aromatic carbocycles. The Bertz CT molecular complexity index is 992. The lowest BCUT2D eigenvalue weighted by Crippen LogP contribution is -2.44. The average Bonchev–Trinajstić information content (AvgIpc) is 2.73. The number of nitrogens with two attached hydrogens (primary N) is 1. The third-order valence-electron chi connectivity index (χ3n) is 5.13. The van der Waals surface area contributed by atoms with Gasteiger partial charge in [-0.1, -0.05) is 36.4 Å². The highest BCUT2D eigenvalue weighted by molar-refractivity contribution is 7.89. The molecule has 8 heteroatoms. The third kappa shape index (κ3) is 5.02. The fourth-order valence-electron chi connectivity index (χ4n) is 3.48. The van der Waals surface area contributed by atoms with Crippen LogP contribution in [0.15, 0.2) is 59.5 Å². The summed E-state index contributed by atoms with van der Waals surface area (Å²) in [4.78, 5) is 25.9. The van der Waals surface area contributed by atoms with Crippen molar-refractivity contribution >= 4 is 21.8 Å². The molecule has 29 heavy (non-hydrogen) atoms. The molecule has 1 aliphatic rings. The van der Waals surface area contributed by atoms with Crippen molar-refractivity contribution in [3.63, 3.8) is 0 Å². The van der Waals surface area contributed by atoms with Gasteiger partial charge in [-0.05, 0) is 43.5 Å². The second kappa shape index (κ2) is 8.75. The van der Waals surface area contributed by atoms with E-state index in [1.807, 2.05) is 30.3 Å². The fraction of sp³-hybridized carbons (Fsp3) is 0.333. The van der Waals surface area contributed by atoms with E-state index >= 15 is 0 Å². The van der Waals surface area contributed by atoms with Crippen LogP contribution in [0.1, 0.15) is 41.7 Å². The van der Waals surface area contributed by atoms with E-state index in [1.165, 1.54) is 12.1 Å². The molecule has 1 heterocycles. The predicted molar refractivity (Wildman–Crippen MR) is 109 cm³/mol. The quantitative estimate of drug-likeness (QED) is 0.752. The largest absolute Gasteiger partial charge is 0.369 e. The normalized spacial score (nSPS) is 18.2. The van der Waals surface area contributed by atoms with Gasteiger partial charge in [-0.15, -0.1) is 0 Å². The summed E-state index contributed by atoms with van der Waals surface area (Å²) in [6.45, 7) is 2.54. The molecule has 0 saturated carbocycles. The van der Waals surface area contributed by atoms with Gasteiger partial charge in [0.25, 0.3) is 5.91 Å². The molecule has 0 aromatic heterocycles. The van der Waals surface area contributed by atoms with Crippen molar-refractivity contribution in [2.45, 2.75) is 30.7 Å². The summed E-state index contributed by atoms with van der Waals surface area (Å²) in [5.41, 5.74) is 6.49. The molecule has 2 aromatic rings. The van der Waals surface area contributed by atoms with Gasteiger partial charge in [0.2, 0.25) is 15.9 Å². The lowest BCUT2D eigenvalue weighted by molar-refractivity contribution is -0.123. The van der Waals surface area contributed by atoms with E-state index in [0.29, 0.717) is 19.4 Å². The molecule has 0 aliphatic carbocycles. The van der Waals surface area contributed by atoms with Crippen LogP contribution in [0.2, 0.25) is 0 Å². The van der Waals surface area contributed by atoms with Gasteiger partial charge < -0.3 is 10.6 Å². The molecule has 2 atom stereocenters. The molecule has 0 unspecified atom stereocenters. The van der Waals surface area contributed by atoms with Crippen LogP contribution in [0.25, 0.3) is 0 Å². The van der Waals surface area contributed by atoms with Crippen molar-refractivity contribution in [3.05, 3.63) is 65.7 Å². The first kappa shape index (κ1) is 21.0. The van der Waals surface area contributed by atoms with E-state index in [9.17, 15) is 18.0 Å². The smallest absolute Gasteiger partial charge is 0.253 e. The molecule has 1 aliphatic heterocycles. The van der Waals surface area contributed by atoms with Crippen LogP contribution >= 0.6 is 0 Å². The van der Waals surface area contributed by atoms with Crippen LogP contribution in [-0.4, -0.2) is 38.2 Å². The Kier molecular flexibility index (Phi) is 6.34. The Hall–Kier alpha value is -2.71. The van der Waals surface area contributed by atoms with E-state index in [2.05, 4.69) is 4.72 Å². The lowest BCUT2D eigenvalue weighted by atomic mass is 9.97. The molecule has 1 fully saturated rings. The molecule has 0 spiro atoms. The maximum absolute atomic E-state index is 12.8. The number of carbonyl (C=O) groups is 2. The molecule has 3 rings (SSSR count). The van der Waals surface area contributed by atoms with Crippen molar-refractivity contribution < 1.29 is 18.0 Å². The molecular formula is C21H25N3O4S. The van der Waals surface area contributed by atoms with Gasteiger partial charge in [-0.25, -0.2) is 13.1 Å². The summed E-state index contributed by atoms with van der Waals surface area (Å²) in [6.07, 6.45) is 1.35. The van der Waals surface area contributed by atoms with Crippen LogP contribution in [-0.2, 0) is 14.8 Å². The first-order valence-electron chi connectivity index (χ1n) is 9.54. The van der Waals surface area contributed by atoms with Crippen LogP contribution in [0.3, 0.4) is 0 Å². The van der Waals surface area contributed by atoms with Crippen LogP contribution in [0.5, 0.6) is 0 Å². The Balaban J connectivity index is 1.77. The maximum Gasteiger partial charge on any atom is 0.253 e. The molecule has 154 valence electrons. The maximum atomic E-state index is 12.8. The van der Waals surface area contributed by atoms with Gasteiger partial charge in [0.15, 0.2) is 0 Å². The zero-order valence-corrected chi connectivity index (χ0v) is 17.1. The second-order valence-electron chi connectivity index (χ2n) is 7.27. The highest BCUT2D eigenvalue weighted by Gasteiger charge is 2.28. The lowest BCUT2D eigenvalue weighted by Gasteiger charge is -2.31. The van der Waals surface area contributed by atoms with Gasteiger partial charge >= 0.3 is 0 Å². The Morgan fingerprint density at radius 1 is 1.14 bits per heavy atom. The number of nitrogens with one attached hydrogen (secondary N) is 1. The molecule has 7 nitrogen and oxygen atoms in total. The van der Waals surface area contributed by atoms with Crippen LogP contribution in [0.4, 0.5) is 0 Å². The first-order chi connectivity index (χ1) is 13.8. The predicted octanol–water partition coefficient (Wildman–Crippen LogP) is 2.06. The average molecular weight is 416 g/mol. The van der Waals surface area contributed by atoms with E-state index < -0.39 is 22.0 Å². The van der Waals surface area contributed by atoms with Crippen molar-refractivity contribution in [1.82, 2.24) is 9.62 Å². The van der Waals surface area contributed by atoms with Gasteiger partial charge in [0, 0.05) is 24.7 Å². The number of nitrogens with zero attached hydrogens (tertiary/aromatic N) is 1. The number of likely N-dealkylation sites (tertiary alicyclic amines) is 1. The number of hydrogen-bond donors (Lipinski definition) is 2. The van der Waals surface area contributed by atoms with Gasteiger partial charge in [-0.3, -0.25) is 9.59 Å². The number of rotatable bonds is 6. The summed E-state index contributed by atoms with van der Waals surface area (Å²) < 4.78 is 28.3.